The Morgan fingerprint density at radius 2 is 2.05 bits per heavy atom. The van der Waals surface area contributed by atoms with Crippen molar-refractivity contribution in [2.45, 2.75) is 38.1 Å². The Bertz CT molecular complexity index is 507. The van der Waals surface area contributed by atoms with Gasteiger partial charge in [0.15, 0.2) is 0 Å². The van der Waals surface area contributed by atoms with Crippen LogP contribution >= 0.6 is 11.6 Å². The molecule has 1 heterocycles. The van der Waals surface area contributed by atoms with E-state index in [2.05, 4.69) is 10.3 Å². The van der Waals surface area contributed by atoms with Gasteiger partial charge < -0.3 is 11.1 Å². The molecule has 6 heteroatoms. The van der Waals surface area contributed by atoms with E-state index in [-0.39, 0.29) is 23.8 Å². The molecule has 0 spiro atoms. The summed E-state index contributed by atoms with van der Waals surface area (Å²) < 4.78 is 0. The lowest BCUT2D eigenvalue weighted by atomic mass is 9.94. The molecule has 1 fully saturated rings. The summed E-state index contributed by atoms with van der Waals surface area (Å²) in [5, 5.41) is 3.20. The zero-order valence-electron chi connectivity index (χ0n) is 11.1. The van der Waals surface area contributed by atoms with Gasteiger partial charge in [-0.1, -0.05) is 30.9 Å². The molecule has 108 valence electrons. The zero-order chi connectivity index (χ0) is 14.5. The van der Waals surface area contributed by atoms with Crippen LogP contribution in [-0.4, -0.2) is 22.8 Å². The van der Waals surface area contributed by atoms with Crippen LogP contribution in [0.25, 0.3) is 0 Å². The second kappa shape index (κ2) is 6.70. The van der Waals surface area contributed by atoms with E-state index in [4.69, 9.17) is 17.3 Å². The van der Waals surface area contributed by atoms with Gasteiger partial charge in [0.05, 0.1) is 16.5 Å². The second-order valence-corrected chi connectivity index (χ2v) is 5.49. The highest BCUT2D eigenvalue weighted by Gasteiger charge is 2.29. The van der Waals surface area contributed by atoms with Crippen molar-refractivity contribution in [3.63, 3.8) is 0 Å². The van der Waals surface area contributed by atoms with Crippen LogP contribution < -0.4 is 11.1 Å². The maximum Gasteiger partial charge on any atom is 0.253 e. The predicted molar refractivity (Wildman–Crippen MR) is 76.3 cm³/mol. The highest BCUT2D eigenvalue weighted by atomic mass is 35.5. The van der Waals surface area contributed by atoms with Crippen molar-refractivity contribution in [3.8, 4) is 0 Å². The molecule has 1 saturated carbocycles. The minimum absolute atomic E-state index is 0.216. The molecular formula is C14H18ClN3O2. The zero-order valence-corrected chi connectivity index (χ0v) is 11.9. The number of hydrogen-bond donors (Lipinski definition) is 2. The van der Waals surface area contributed by atoms with Crippen molar-refractivity contribution >= 4 is 23.4 Å². The van der Waals surface area contributed by atoms with Gasteiger partial charge in [0.25, 0.3) is 5.91 Å². The summed E-state index contributed by atoms with van der Waals surface area (Å²) in [6, 6.07) is 1.35. The van der Waals surface area contributed by atoms with Crippen LogP contribution in [0, 0.1) is 5.92 Å². The predicted octanol–water partition coefficient (Wildman–Crippen LogP) is 1.90. The second-order valence-electron chi connectivity index (χ2n) is 5.08. The molecule has 1 aliphatic carbocycles. The van der Waals surface area contributed by atoms with E-state index in [9.17, 15) is 9.59 Å². The quantitative estimate of drug-likeness (QED) is 0.835. The summed E-state index contributed by atoms with van der Waals surface area (Å²) in [4.78, 5) is 27.6. The van der Waals surface area contributed by atoms with Crippen LogP contribution in [-0.2, 0) is 4.79 Å². The van der Waals surface area contributed by atoms with Gasteiger partial charge >= 0.3 is 0 Å². The van der Waals surface area contributed by atoms with E-state index in [0.29, 0.717) is 10.6 Å². The number of rotatable bonds is 3. The number of carbonyl (C=O) groups is 2. The third-order valence-corrected chi connectivity index (χ3v) is 4.02. The lowest BCUT2D eigenvalue weighted by Crippen LogP contribution is -2.45. The van der Waals surface area contributed by atoms with Gasteiger partial charge in [-0.3, -0.25) is 14.6 Å². The number of nitrogens with zero attached hydrogens (tertiary/aromatic N) is 1. The number of nitrogens with one attached hydrogen (secondary N) is 1. The number of halogens is 1. The van der Waals surface area contributed by atoms with Gasteiger partial charge in [0.1, 0.15) is 0 Å². The van der Waals surface area contributed by atoms with E-state index in [1.165, 1.54) is 12.4 Å². The molecule has 2 unspecified atom stereocenters. The Morgan fingerprint density at radius 3 is 2.75 bits per heavy atom. The first kappa shape index (κ1) is 14.8. The van der Waals surface area contributed by atoms with E-state index >= 15 is 0 Å². The van der Waals surface area contributed by atoms with Gasteiger partial charge in [-0.25, -0.2) is 0 Å². The molecule has 0 saturated heterocycles. The summed E-state index contributed by atoms with van der Waals surface area (Å²) in [5.41, 5.74) is 5.81. The highest BCUT2D eigenvalue weighted by molar-refractivity contribution is 6.33. The van der Waals surface area contributed by atoms with Gasteiger partial charge in [0.2, 0.25) is 5.91 Å². The van der Waals surface area contributed by atoms with Gasteiger partial charge in [0, 0.05) is 18.4 Å². The van der Waals surface area contributed by atoms with Crippen LogP contribution in [0.5, 0.6) is 0 Å². The topological polar surface area (TPSA) is 85.1 Å². The molecule has 5 nitrogen and oxygen atoms in total. The first-order chi connectivity index (χ1) is 9.59. The number of nitrogens with two attached hydrogens (primary N) is 1. The van der Waals surface area contributed by atoms with Crippen molar-refractivity contribution in [2.24, 2.45) is 11.7 Å². The van der Waals surface area contributed by atoms with Crippen LogP contribution in [0.3, 0.4) is 0 Å². The summed E-state index contributed by atoms with van der Waals surface area (Å²) in [5.74, 6) is -0.935. The number of carbonyl (C=O) groups excluding carboxylic acids is 2. The van der Waals surface area contributed by atoms with Gasteiger partial charge in [-0.05, 0) is 18.9 Å². The molecule has 2 atom stereocenters. The fourth-order valence-corrected chi connectivity index (χ4v) is 2.83. The van der Waals surface area contributed by atoms with Crippen LogP contribution in [0.15, 0.2) is 18.5 Å². The highest BCUT2D eigenvalue weighted by Crippen LogP contribution is 2.24. The Labute approximate surface area is 122 Å². The minimum Gasteiger partial charge on any atom is -0.369 e. The molecule has 0 radical (unpaired) electrons. The monoisotopic (exact) mass is 295 g/mol. The first-order valence-electron chi connectivity index (χ1n) is 6.79. The molecule has 1 aromatic heterocycles. The Kier molecular flexibility index (Phi) is 4.95. The number of amides is 2. The Balaban J connectivity index is 2.12. The number of aromatic nitrogens is 1. The largest absolute Gasteiger partial charge is 0.369 e. The first-order valence-corrected chi connectivity index (χ1v) is 7.17. The standard InChI is InChI=1S/C14H18ClN3O2/c15-11-8-17-7-6-9(11)14(20)18-12-5-3-1-2-4-10(12)13(16)19/h6-8,10,12H,1-5H2,(H2,16,19)(H,18,20). The molecular weight excluding hydrogens is 278 g/mol. The SMILES string of the molecule is NC(=O)C1CCCCCC1NC(=O)c1ccncc1Cl. The third-order valence-electron chi connectivity index (χ3n) is 3.71. The molecule has 2 amide bonds. The normalized spacial score (nSPS) is 22.9. The Morgan fingerprint density at radius 1 is 1.30 bits per heavy atom. The Hall–Kier alpha value is -1.62. The van der Waals surface area contributed by atoms with Crippen molar-refractivity contribution in [2.75, 3.05) is 0 Å². The van der Waals surface area contributed by atoms with Crippen LogP contribution in [0.2, 0.25) is 5.02 Å². The third kappa shape index (κ3) is 3.48. The number of primary amides is 1. The van der Waals surface area contributed by atoms with Gasteiger partial charge in [-0.15, -0.1) is 0 Å². The molecule has 0 bridgehead atoms. The molecule has 1 aromatic rings. The fourth-order valence-electron chi connectivity index (χ4n) is 2.63. The molecule has 3 N–H and O–H groups in total. The molecule has 20 heavy (non-hydrogen) atoms. The fraction of sp³-hybridized carbons (Fsp3) is 0.500. The lowest BCUT2D eigenvalue weighted by Gasteiger charge is -2.23. The van der Waals surface area contributed by atoms with E-state index in [1.807, 2.05) is 0 Å². The molecule has 1 aliphatic rings. The van der Waals surface area contributed by atoms with Crippen molar-refractivity contribution in [1.29, 1.82) is 0 Å². The average Bonchev–Trinajstić information content (AvgIpc) is 2.64. The maximum absolute atomic E-state index is 12.2. The average molecular weight is 296 g/mol. The number of hydrogen-bond acceptors (Lipinski definition) is 3. The van der Waals surface area contributed by atoms with Crippen LogP contribution in [0.1, 0.15) is 42.5 Å². The van der Waals surface area contributed by atoms with E-state index in [0.717, 1.165) is 32.1 Å². The summed E-state index contributed by atoms with van der Waals surface area (Å²) in [7, 11) is 0. The lowest BCUT2D eigenvalue weighted by molar-refractivity contribution is -0.122. The summed E-state index contributed by atoms with van der Waals surface area (Å²) >= 11 is 5.95. The van der Waals surface area contributed by atoms with Crippen molar-refractivity contribution < 1.29 is 9.59 Å². The maximum atomic E-state index is 12.2. The molecule has 0 aliphatic heterocycles. The smallest absolute Gasteiger partial charge is 0.253 e. The van der Waals surface area contributed by atoms with Crippen molar-refractivity contribution in [1.82, 2.24) is 10.3 Å². The van der Waals surface area contributed by atoms with E-state index < -0.39 is 0 Å². The van der Waals surface area contributed by atoms with Crippen molar-refractivity contribution in [3.05, 3.63) is 29.0 Å². The minimum atomic E-state index is -0.349. The molecule has 0 aromatic carbocycles. The summed E-state index contributed by atoms with van der Waals surface area (Å²) in [6.07, 6.45) is 7.45. The molecule has 2 rings (SSSR count). The number of pyridine rings is 1. The van der Waals surface area contributed by atoms with Crippen LogP contribution in [0.4, 0.5) is 0 Å². The van der Waals surface area contributed by atoms with E-state index in [1.54, 1.807) is 6.07 Å². The van der Waals surface area contributed by atoms with Gasteiger partial charge in [-0.2, -0.15) is 0 Å². The summed E-state index contributed by atoms with van der Waals surface area (Å²) in [6.45, 7) is 0.